The molecule has 1 saturated carbocycles. The van der Waals surface area contributed by atoms with Crippen LogP contribution >= 0.6 is 24.0 Å². The van der Waals surface area contributed by atoms with Crippen molar-refractivity contribution in [3.8, 4) is 0 Å². The molecule has 0 amide bonds. The van der Waals surface area contributed by atoms with Crippen molar-refractivity contribution in [2.45, 2.75) is 44.2 Å². The number of ether oxygens (including phenoxy) is 2. The second-order valence-electron chi connectivity index (χ2n) is 7.85. The van der Waals surface area contributed by atoms with Gasteiger partial charge in [-0.25, -0.2) is 4.79 Å². The van der Waals surface area contributed by atoms with Crippen LogP contribution in [0.15, 0.2) is 29.3 Å². The van der Waals surface area contributed by atoms with E-state index in [1.165, 1.54) is 39.2 Å². The molecule has 1 saturated heterocycles. The molecule has 8 heteroatoms. The Morgan fingerprint density at radius 2 is 1.80 bits per heavy atom. The van der Waals surface area contributed by atoms with E-state index in [1.807, 2.05) is 12.1 Å². The van der Waals surface area contributed by atoms with Gasteiger partial charge in [0.1, 0.15) is 0 Å². The van der Waals surface area contributed by atoms with E-state index in [9.17, 15) is 4.79 Å². The average Bonchev–Trinajstić information content (AvgIpc) is 2.80. The third kappa shape index (κ3) is 6.55. The molecule has 30 heavy (non-hydrogen) atoms. The van der Waals surface area contributed by atoms with Crippen molar-refractivity contribution < 1.29 is 14.3 Å². The first kappa shape index (κ1) is 24.9. The van der Waals surface area contributed by atoms with Gasteiger partial charge < -0.3 is 20.1 Å². The van der Waals surface area contributed by atoms with Crippen molar-refractivity contribution in [1.82, 2.24) is 15.5 Å². The van der Waals surface area contributed by atoms with Gasteiger partial charge in [-0.2, -0.15) is 0 Å². The van der Waals surface area contributed by atoms with Gasteiger partial charge >= 0.3 is 5.97 Å². The molecule has 0 atom stereocenters. The van der Waals surface area contributed by atoms with Crippen LogP contribution in [0.25, 0.3) is 0 Å². The highest BCUT2D eigenvalue weighted by atomic mass is 127. The summed E-state index contributed by atoms with van der Waals surface area (Å²) in [5, 5.41) is 6.96. The molecule has 168 valence electrons. The maximum atomic E-state index is 11.6. The fraction of sp³-hybridized carbons (Fsp3) is 0.636. The van der Waals surface area contributed by atoms with E-state index in [0.29, 0.717) is 12.1 Å². The number of benzene rings is 1. The minimum absolute atomic E-state index is 0. The molecule has 0 radical (unpaired) electrons. The smallest absolute Gasteiger partial charge is 0.337 e. The van der Waals surface area contributed by atoms with Gasteiger partial charge in [-0.15, -0.1) is 24.0 Å². The lowest BCUT2D eigenvalue weighted by atomic mass is 9.80. The number of methoxy groups -OCH3 is 1. The summed E-state index contributed by atoms with van der Waals surface area (Å²) in [6.45, 7) is 5.23. The number of nitrogens with zero attached hydrogens (tertiary/aromatic N) is 2. The molecule has 0 aromatic heterocycles. The number of nitrogens with one attached hydrogen (secondary N) is 2. The second kappa shape index (κ2) is 12.5. The molecule has 2 N–H and O–H groups in total. The lowest BCUT2D eigenvalue weighted by Gasteiger charge is -2.48. The first-order valence-electron chi connectivity index (χ1n) is 10.6. The molecule has 0 bridgehead atoms. The molecule has 1 aromatic rings. The van der Waals surface area contributed by atoms with Crippen LogP contribution in [-0.2, 0) is 16.0 Å². The first-order valence-corrected chi connectivity index (χ1v) is 10.6. The van der Waals surface area contributed by atoms with Crippen molar-refractivity contribution in [3.63, 3.8) is 0 Å². The summed E-state index contributed by atoms with van der Waals surface area (Å²) in [5.74, 6) is 0.489. The quantitative estimate of drug-likeness (QED) is 0.255. The number of guanidine groups is 1. The predicted octanol–water partition coefficient (Wildman–Crippen LogP) is 2.79. The van der Waals surface area contributed by atoms with Gasteiger partial charge in [0.25, 0.3) is 0 Å². The lowest BCUT2D eigenvalue weighted by Crippen LogP contribution is -2.60. The minimum atomic E-state index is -0.317. The molecule has 1 aromatic carbocycles. The number of carbonyl (C=O) groups excluding carboxylic acids is 1. The fourth-order valence-corrected chi connectivity index (χ4v) is 4.38. The van der Waals surface area contributed by atoms with Gasteiger partial charge in [-0.3, -0.25) is 9.89 Å². The van der Waals surface area contributed by atoms with Crippen LogP contribution in [0, 0.1) is 0 Å². The van der Waals surface area contributed by atoms with Crippen molar-refractivity contribution in [1.29, 1.82) is 0 Å². The fourth-order valence-electron chi connectivity index (χ4n) is 4.38. The summed E-state index contributed by atoms with van der Waals surface area (Å²) in [6, 6.07) is 7.44. The zero-order valence-corrected chi connectivity index (χ0v) is 20.4. The van der Waals surface area contributed by atoms with Crippen molar-refractivity contribution >= 4 is 35.9 Å². The molecule has 7 nitrogen and oxygen atoms in total. The average molecular weight is 530 g/mol. The summed E-state index contributed by atoms with van der Waals surface area (Å²) in [4.78, 5) is 18.6. The maximum absolute atomic E-state index is 11.6. The van der Waals surface area contributed by atoms with Crippen LogP contribution in [0.4, 0.5) is 0 Å². The Morgan fingerprint density at radius 3 is 2.40 bits per heavy atom. The molecule has 2 fully saturated rings. The number of aliphatic imine (C=N–C) groups is 1. The molecule has 1 heterocycles. The summed E-state index contributed by atoms with van der Waals surface area (Å²) in [6.07, 6.45) is 6.37. The SMILES string of the molecule is CN=C(NCc1ccc(C(=O)OC)cc1)NCC1(N2CCOCC2)CCCCC1.I. The second-order valence-corrected chi connectivity index (χ2v) is 7.85. The van der Waals surface area contributed by atoms with Gasteiger partial charge in [0, 0.05) is 38.8 Å². The molecule has 3 rings (SSSR count). The van der Waals surface area contributed by atoms with E-state index >= 15 is 0 Å². The monoisotopic (exact) mass is 530 g/mol. The van der Waals surface area contributed by atoms with Crippen LogP contribution in [0.5, 0.6) is 0 Å². The third-order valence-electron chi connectivity index (χ3n) is 6.11. The molecule has 1 aliphatic carbocycles. The Bertz CT molecular complexity index is 684. The topological polar surface area (TPSA) is 75.2 Å². The number of carbonyl (C=O) groups is 1. The number of morpholine rings is 1. The zero-order chi connectivity index (χ0) is 20.5. The number of rotatable bonds is 6. The van der Waals surface area contributed by atoms with Crippen LogP contribution in [0.1, 0.15) is 48.0 Å². The normalized spacial score (nSPS) is 19.5. The predicted molar refractivity (Wildman–Crippen MR) is 130 cm³/mol. The van der Waals surface area contributed by atoms with Gasteiger partial charge in [-0.1, -0.05) is 31.4 Å². The van der Waals surface area contributed by atoms with Gasteiger partial charge in [0.2, 0.25) is 0 Å². The van der Waals surface area contributed by atoms with Crippen molar-refractivity contribution in [2.75, 3.05) is 47.0 Å². The molecule has 0 unspecified atom stereocenters. The van der Waals surface area contributed by atoms with E-state index < -0.39 is 0 Å². The number of halogens is 1. The summed E-state index contributed by atoms with van der Waals surface area (Å²) < 4.78 is 10.3. The van der Waals surface area contributed by atoms with Crippen molar-refractivity contribution in [3.05, 3.63) is 35.4 Å². The summed E-state index contributed by atoms with van der Waals surface area (Å²) in [5.41, 5.74) is 1.84. The number of esters is 1. The molecule has 2 aliphatic rings. The van der Waals surface area contributed by atoms with E-state index in [1.54, 1.807) is 19.2 Å². The van der Waals surface area contributed by atoms with Crippen LogP contribution in [0.3, 0.4) is 0 Å². The van der Waals surface area contributed by atoms with E-state index in [4.69, 9.17) is 9.47 Å². The standard InChI is InChI=1S/C22H34N4O3.HI/c1-23-21(24-16-18-6-8-19(9-7-18)20(27)28-2)25-17-22(10-4-3-5-11-22)26-12-14-29-15-13-26;/h6-9H,3-5,10-17H2,1-2H3,(H2,23,24,25);1H. The summed E-state index contributed by atoms with van der Waals surface area (Å²) in [7, 11) is 3.20. The van der Waals surface area contributed by atoms with E-state index in [0.717, 1.165) is 44.4 Å². The highest BCUT2D eigenvalue weighted by Gasteiger charge is 2.38. The Hall–Kier alpha value is -1.39. The van der Waals surface area contributed by atoms with Gasteiger partial charge in [0.15, 0.2) is 5.96 Å². The largest absolute Gasteiger partial charge is 0.465 e. The third-order valence-corrected chi connectivity index (χ3v) is 6.11. The van der Waals surface area contributed by atoms with Crippen LogP contribution in [0.2, 0.25) is 0 Å². The zero-order valence-electron chi connectivity index (χ0n) is 18.1. The first-order chi connectivity index (χ1) is 14.2. The van der Waals surface area contributed by atoms with Crippen molar-refractivity contribution in [2.24, 2.45) is 4.99 Å². The summed E-state index contributed by atoms with van der Waals surface area (Å²) >= 11 is 0. The highest BCUT2D eigenvalue weighted by molar-refractivity contribution is 14.0. The van der Waals surface area contributed by atoms with E-state index in [-0.39, 0.29) is 35.5 Å². The minimum Gasteiger partial charge on any atom is -0.465 e. The van der Waals surface area contributed by atoms with E-state index in [2.05, 4.69) is 20.5 Å². The molecule has 1 aliphatic heterocycles. The Balaban J connectivity index is 0.00000320. The lowest BCUT2D eigenvalue weighted by molar-refractivity contribution is -0.0352. The maximum Gasteiger partial charge on any atom is 0.337 e. The Labute approximate surface area is 197 Å². The van der Waals surface area contributed by atoms with Crippen LogP contribution in [-0.4, -0.2) is 69.4 Å². The number of hydrogen-bond donors (Lipinski definition) is 2. The highest BCUT2D eigenvalue weighted by Crippen LogP contribution is 2.33. The van der Waals surface area contributed by atoms with Gasteiger partial charge in [-0.05, 0) is 30.5 Å². The van der Waals surface area contributed by atoms with Gasteiger partial charge in [0.05, 0.1) is 25.9 Å². The Morgan fingerprint density at radius 1 is 1.13 bits per heavy atom. The molecule has 0 spiro atoms. The molecular formula is C22H35IN4O3. The van der Waals surface area contributed by atoms with Crippen LogP contribution < -0.4 is 10.6 Å². The molecular weight excluding hydrogens is 495 g/mol. The Kier molecular flexibility index (Phi) is 10.3. The number of hydrogen-bond acceptors (Lipinski definition) is 5.